The van der Waals surface area contributed by atoms with Crippen molar-refractivity contribution < 1.29 is 8.42 Å². The zero-order valence-corrected chi connectivity index (χ0v) is 14.9. The van der Waals surface area contributed by atoms with Crippen molar-refractivity contribution >= 4 is 38.3 Å². The fraction of sp³-hybridized carbons (Fsp3) is 0.188. The minimum absolute atomic E-state index is 0.0800. The monoisotopic (exact) mass is 365 g/mol. The first-order valence-corrected chi connectivity index (χ1v) is 9.01. The fourth-order valence-corrected chi connectivity index (χ4v) is 4.02. The summed E-state index contributed by atoms with van der Waals surface area (Å²) >= 11 is 5.87. The molecular formula is C16H16ClN3O3S. The maximum absolute atomic E-state index is 12.6. The van der Waals surface area contributed by atoms with Gasteiger partial charge >= 0.3 is 5.69 Å². The molecule has 0 saturated carbocycles. The van der Waals surface area contributed by atoms with Crippen LogP contribution in [0.1, 0.15) is 5.56 Å². The number of nitrogens with one attached hydrogen (secondary N) is 1. The van der Waals surface area contributed by atoms with E-state index in [9.17, 15) is 13.2 Å². The first kappa shape index (κ1) is 16.6. The third-order valence-corrected chi connectivity index (χ3v) is 5.57. The summed E-state index contributed by atoms with van der Waals surface area (Å²) in [5.41, 5.74) is 2.36. The van der Waals surface area contributed by atoms with Crippen LogP contribution in [-0.2, 0) is 24.1 Å². The molecule has 0 unspecified atom stereocenters. The number of sulfonamides is 1. The molecule has 2 aromatic carbocycles. The zero-order valence-electron chi connectivity index (χ0n) is 13.4. The van der Waals surface area contributed by atoms with Crippen LogP contribution in [-0.4, -0.2) is 17.6 Å². The lowest BCUT2D eigenvalue weighted by Crippen LogP contribution is -2.19. The number of aryl methyl sites for hydroxylation is 3. The Balaban J connectivity index is 2.12. The topological polar surface area (TPSA) is 73.1 Å². The third-order valence-electron chi connectivity index (χ3n) is 3.97. The number of hydrogen-bond acceptors (Lipinski definition) is 3. The van der Waals surface area contributed by atoms with E-state index in [1.54, 1.807) is 45.3 Å². The van der Waals surface area contributed by atoms with Gasteiger partial charge in [-0.25, -0.2) is 13.2 Å². The van der Waals surface area contributed by atoms with Crippen molar-refractivity contribution in [3.8, 4) is 0 Å². The lowest BCUT2D eigenvalue weighted by molar-refractivity contribution is 0.601. The summed E-state index contributed by atoms with van der Waals surface area (Å²) in [6, 6.07) is 9.49. The number of hydrogen-bond donors (Lipinski definition) is 1. The van der Waals surface area contributed by atoms with Crippen LogP contribution >= 0.6 is 11.6 Å². The highest BCUT2D eigenvalue weighted by Crippen LogP contribution is 2.25. The number of imidazole rings is 1. The van der Waals surface area contributed by atoms with Crippen LogP contribution < -0.4 is 10.4 Å². The van der Waals surface area contributed by atoms with Gasteiger partial charge in [-0.3, -0.25) is 13.9 Å². The standard InChI is InChI=1S/C16H16ClN3O3S/c1-10-7-14-15(20(3)16(21)19(14)2)9-13(10)18-24(22,23)12-6-4-5-11(17)8-12/h4-9,18H,1-3H3. The SMILES string of the molecule is Cc1cc2c(cc1NS(=O)(=O)c1cccc(Cl)c1)n(C)c(=O)n2C. The molecule has 1 heterocycles. The predicted octanol–water partition coefficient (Wildman–Crippen LogP) is 2.64. The summed E-state index contributed by atoms with van der Waals surface area (Å²) in [5.74, 6) is 0. The number of halogens is 1. The van der Waals surface area contributed by atoms with Crippen LogP contribution in [0.3, 0.4) is 0 Å². The second-order valence-corrected chi connectivity index (χ2v) is 7.74. The fourth-order valence-electron chi connectivity index (χ4n) is 2.60. The number of benzene rings is 2. The van der Waals surface area contributed by atoms with Crippen molar-refractivity contribution in [3.05, 3.63) is 57.5 Å². The van der Waals surface area contributed by atoms with Gasteiger partial charge in [-0.15, -0.1) is 0 Å². The van der Waals surface area contributed by atoms with E-state index in [4.69, 9.17) is 11.6 Å². The molecule has 0 fully saturated rings. The largest absolute Gasteiger partial charge is 0.328 e. The van der Waals surface area contributed by atoms with E-state index in [0.717, 1.165) is 5.52 Å². The Kier molecular flexibility index (Phi) is 3.93. The van der Waals surface area contributed by atoms with Crippen molar-refractivity contribution in [1.82, 2.24) is 9.13 Å². The molecular weight excluding hydrogens is 350 g/mol. The number of rotatable bonds is 3. The molecule has 0 bridgehead atoms. The molecule has 1 N–H and O–H groups in total. The second kappa shape index (κ2) is 5.68. The lowest BCUT2D eigenvalue weighted by Gasteiger charge is -2.11. The molecule has 6 nitrogen and oxygen atoms in total. The van der Waals surface area contributed by atoms with Gasteiger partial charge in [0.25, 0.3) is 10.0 Å². The lowest BCUT2D eigenvalue weighted by atomic mass is 10.2. The smallest absolute Gasteiger partial charge is 0.295 e. The Morgan fingerprint density at radius 1 is 1.04 bits per heavy atom. The Bertz CT molecular complexity index is 1110. The minimum Gasteiger partial charge on any atom is -0.295 e. The van der Waals surface area contributed by atoms with Gasteiger partial charge in [0.05, 0.1) is 21.6 Å². The number of nitrogens with zero attached hydrogens (tertiary/aromatic N) is 2. The average molecular weight is 366 g/mol. The molecule has 126 valence electrons. The van der Waals surface area contributed by atoms with Gasteiger partial charge in [0.2, 0.25) is 0 Å². The normalized spacial score (nSPS) is 11.8. The van der Waals surface area contributed by atoms with Gasteiger partial charge < -0.3 is 0 Å². The van der Waals surface area contributed by atoms with E-state index in [-0.39, 0.29) is 10.6 Å². The average Bonchev–Trinajstić information content (AvgIpc) is 2.72. The molecule has 0 saturated heterocycles. The van der Waals surface area contributed by atoms with Crippen LogP contribution in [0.25, 0.3) is 11.0 Å². The van der Waals surface area contributed by atoms with Crippen LogP contribution in [0.4, 0.5) is 5.69 Å². The first-order chi connectivity index (χ1) is 11.2. The van der Waals surface area contributed by atoms with Gasteiger partial charge in [0, 0.05) is 19.1 Å². The van der Waals surface area contributed by atoms with Crippen molar-refractivity contribution in [3.63, 3.8) is 0 Å². The number of aromatic nitrogens is 2. The van der Waals surface area contributed by atoms with Crippen molar-refractivity contribution in [2.75, 3.05) is 4.72 Å². The maximum Gasteiger partial charge on any atom is 0.328 e. The molecule has 0 aliphatic heterocycles. The zero-order chi connectivity index (χ0) is 17.6. The second-order valence-electron chi connectivity index (χ2n) is 5.62. The van der Waals surface area contributed by atoms with E-state index in [0.29, 0.717) is 21.8 Å². The van der Waals surface area contributed by atoms with E-state index < -0.39 is 10.0 Å². The molecule has 3 aromatic rings. The summed E-state index contributed by atoms with van der Waals surface area (Å²) in [6.45, 7) is 1.78. The van der Waals surface area contributed by atoms with Crippen LogP contribution in [0, 0.1) is 6.92 Å². The molecule has 1 aromatic heterocycles. The molecule has 3 rings (SSSR count). The minimum atomic E-state index is -3.77. The molecule has 0 aliphatic carbocycles. The summed E-state index contributed by atoms with van der Waals surface area (Å²) in [4.78, 5) is 12.1. The Morgan fingerprint density at radius 3 is 2.29 bits per heavy atom. The third kappa shape index (κ3) is 2.70. The first-order valence-electron chi connectivity index (χ1n) is 7.15. The number of anilines is 1. The maximum atomic E-state index is 12.6. The highest BCUT2D eigenvalue weighted by molar-refractivity contribution is 7.92. The number of fused-ring (bicyclic) bond motifs is 1. The molecule has 0 atom stereocenters. The summed E-state index contributed by atoms with van der Waals surface area (Å²) in [6.07, 6.45) is 0. The van der Waals surface area contributed by atoms with Crippen LogP contribution in [0.5, 0.6) is 0 Å². The van der Waals surface area contributed by atoms with Crippen molar-refractivity contribution in [1.29, 1.82) is 0 Å². The Labute approximate surface area is 144 Å². The van der Waals surface area contributed by atoms with Gasteiger partial charge in [-0.2, -0.15) is 0 Å². The van der Waals surface area contributed by atoms with Gasteiger partial charge in [-0.05, 0) is 42.8 Å². The molecule has 0 amide bonds. The van der Waals surface area contributed by atoms with Crippen LogP contribution in [0.15, 0.2) is 46.1 Å². The Hall–Kier alpha value is -2.25. The van der Waals surface area contributed by atoms with Gasteiger partial charge in [0.15, 0.2) is 0 Å². The van der Waals surface area contributed by atoms with Gasteiger partial charge in [-0.1, -0.05) is 17.7 Å². The van der Waals surface area contributed by atoms with Crippen molar-refractivity contribution in [2.45, 2.75) is 11.8 Å². The van der Waals surface area contributed by atoms with Crippen molar-refractivity contribution in [2.24, 2.45) is 14.1 Å². The van der Waals surface area contributed by atoms with Crippen LogP contribution in [0.2, 0.25) is 5.02 Å². The molecule has 24 heavy (non-hydrogen) atoms. The van der Waals surface area contributed by atoms with E-state index >= 15 is 0 Å². The molecule has 0 spiro atoms. The predicted molar refractivity (Wildman–Crippen MR) is 95.2 cm³/mol. The van der Waals surface area contributed by atoms with E-state index in [1.807, 2.05) is 0 Å². The van der Waals surface area contributed by atoms with E-state index in [1.165, 1.54) is 21.3 Å². The highest BCUT2D eigenvalue weighted by Gasteiger charge is 2.17. The summed E-state index contributed by atoms with van der Waals surface area (Å²) in [5, 5.41) is 0.343. The summed E-state index contributed by atoms with van der Waals surface area (Å²) < 4.78 is 30.7. The molecule has 8 heteroatoms. The van der Waals surface area contributed by atoms with E-state index in [2.05, 4.69) is 4.72 Å². The van der Waals surface area contributed by atoms with Gasteiger partial charge in [0.1, 0.15) is 0 Å². The summed E-state index contributed by atoms with van der Waals surface area (Å²) in [7, 11) is -0.443. The Morgan fingerprint density at radius 2 is 1.67 bits per heavy atom. The molecule has 0 aliphatic rings. The molecule has 0 radical (unpaired) electrons. The highest BCUT2D eigenvalue weighted by atomic mass is 35.5. The quantitative estimate of drug-likeness (QED) is 0.775.